The van der Waals surface area contributed by atoms with Crippen LogP contribution in [0.5, 0.6) is 0 Å². The second-order valence-corrected chi connectivity index (χ2v) is 7.35. The van der Waals surface area contributed by atoms with E-state index in [0.717, 1.165) is 13.0 Å². The van der Waals surface area contributed by atoms with Crippen molar-refractivity contribution >= 4 is 16.3 Å². The zero-order chi connectivity index (χ0) is 16.2. The summed E-state index contributed by atoms with van der Waals surface area (Å²) in [5.41, 5.74) is 0. The second-order valence-electron chi connectivity index (χ2n) is 6.35. The van der Waals surface area contributed by atoms with Gasteiger partial charge in [0.2, 0.25) is 0 Å². The van der Waals surface area contributed by atoms with Gasteiger partial charge in [-0.25, -0.2) is 4.79 Å². The molecule has 130 valence electrons. The third kappa shape index (κ3) is 8.15. The van der Waals surface area contributed by atoms with E-state index >= 15 is 0 Å². The largest absolute Gasteiger partial charge is 0.442 e. The summed E-state index contributed by atoms with van der Waals surface area (Å²) in [5.74, 6) is 0. The monoisotopic (exact) mass is 330 g/mol. The van der Waals surface area contributed by atoms with Gasteiger partial charge in [0.1, 0.15) is 6.10 Å². The molecule has 0 spiro atoms. The van der Waals surface area contributed by atoms with E-state index in [1.165, 1.54) is 54.8 Å². The highest BCUT2D eigenvalue weighted by Gasteiger charge is 2.22. The molecule has 1 fully saturated rings. The summed E-state index contributed by atoms with van der Waals surface area (Å²) in [5, 5.41) is 2.82. The predicted molar refractivity (Wildman–Crippen MR) is 93.6 cm³/mol. The number of rotatable bonds is 9. The molecule has 1 rings (SSSR count). The van der Waals surface area contributed by atoms with Crippen LogP contribution in [0.25, 0.3) is 0 Å². The lowest BCUT2D eigenvalue weighted by atomic mass is 10.1. The molecule has 0 bridgehead atoms. The van der Waals surface area contributed by atoms with Crippen LogP contribution in [-0.2, 0) is 9.47 Å². The first kappa shape index (κ1) is 19.5. The Labute approximate surface area is 138 Å². The van der Waals surface area contributed by atoms with E-state index in [1.54, 1.807) is 7.11 Å². The van der Waals surface area contributed by atoms with E-state index in [4.69, 9.17) is 9.47 Å². The van der Waals surface area contributed by atoms with E-state index in [0.29, 0.717) is 19.2 Å². The molecular formula is C16H34N2O3Si. The Kier molecular flexibility index (Phi) is 10.5. The Balaban J connectivity index is 2.39. The van der Waals surface area contributed by atoms with Crippen molar-refractivity contribution in [2.24, 2.45) is 0 Å². The number of alkyl carbamates (subject to hydrolysis) is 1. The van der Waals surface area contributed by atoms with Crippen molar-refractivity contribution in [3.8, 4) is 0 Å². The Bertz CT molecular complexity index is 297. The van der Waals surface area contributed by atoms with Crippen LogP contribution in [0.15, 0.2) is 0 Å². The van der Waals surface area contributed by atoms with Crippen LogP contribution in [-0.4, -0.2) is 67.2 Å². The molecule has 1 unspecified atom stereocenters. The van der Waals surface area contributed by atoms with Crippen molar-refractivity contribution in [2.75, 3.05) is 33.9 Å². The molecule has 0 aromatic carbocycles. The summed E-state index contributed by atoms with van der Waals surface area (Å²) in [6.45, 7) is 1.90. The molecule has 0 aliphatic heterocycles. The first-order valence-electron chi connectivity index (χ1n) is 8.81. The standard InChI is InChI=1S/C16H34N2O3Si/c1-18(14-8-5-3-4-6-9-14)12-15(13-20-2)21-16(19)17-10-7-11-22/h14-15H,3-13H2,1-2,22H3,(H,17,19). The summed E-state index contributed by atoms with van der Waals surface area (Å²) in [6.07, 6.45) is 8.36. The third-order valence-electron chi connectivity index (χ3n) is 4.37. The fraction of sp³-hybridized carbons (Fsp3) is 0.938. The number of carbonyl (C=O) groups is 1. The molecular weight excluding hydrogens is 296 g/mol. The highest BCUT2D eigenvalue weighted by atomic mass is 28.1. The van der Waals surface area contributed by atoms with E-state index in [9.17, 15) is 4.79 Å². The number of methoxy groups -OCH3 is 1. The molecule has 0 radical (unpaired) electrons. The molecule has 0 aromatic rings. The van der Waals surface area contributed by atoms with Crippen molar-refractivity contribution < 1.29 is 14.3 Å². The van der Waals surface area contributed by atoms with Crippen LogP contribution in [0.4, 0.5) is 4.79 Å². The number of amides is 1. The Morgan fingerprint density at radius 2 is 2.00 bits per heavy atom. The smallest absolute Gasteiger partial charge is 0.407 e. The van der Waals surface area contributed by atoms with Gasteiger partial charge in [0, 0.05) is 36.5 Å². The maximum absolute atomic E-state index is 11.8. The average molecular weight is 331 g/mol. The van der Waals surface area contributed by atoms with Gasteiger partial charge in [0.05, 0.1) is 6.61 Å². The molecule has 22 heavy (non-hydrogen) atoms. The van der Waals surface area contributed by atoms with Gasteiger partial charge in [0.15, 0.2) is 0 Å². The number of nitrogens with one attached hydrogen (secondary N) is 1. The molecule has 5 nitrogen and oxygen atoms in total. The molecule has 1 saturated carbocycles. The Hall–Kier alpha value is -0.593. The summed E-state index contributed by atoms with van der Waals surface area (Å²) < 4.78 is 10.7. The van der Waals surface area contributed by atoms with Crippen molar-refractivity contribution in [3.05, 3.63) is 0 Å². The van der Waals surface area contributed by atoms with Crippen LogP contribution < -0.4 is 5.32 Å². The molecule has 1 atom stereocenters. The van der Waals surface area contributed by atoms with Gasteiger partial charge >= 0.3 is 6.09 Å². The summed E-state index contributed by atoms with van der Waals surface area (Å²) in [6, 6.07) is 1.81. The van der Waals surface area contributed by atoms with Crippen LogP contribution in [0.3, 0.4) is 0 Å². The molecule has 0 heterocycles. The highest BCUT2D eigenvalue weighted by molar-refractivity contribution is 6.08. The lowest BCUT2D eigenvalue weighted by Gasteiger charge is -2.30. The van der Waals surface area contributed by atoms with Crippen LogP contribution in [0.2, 0.25) is 6.04 Å². The summed E-state index contributed by atoms with van der Waals surface area (Å²) >= 11 is 0. The van der Waals surface area contributed by atoms with E-state index in [-0.39, 0.29) is 12.2 Å². The maximum atomic E-state index is 11.8. The van der Waals surface area contributed by atoms with Crippen molar-refractivity contribution in [2.45, 2.75) is 63.1 Å². The van der Waals surface area contributed by atoms with Crippen LogP contribution >= 0.6 is 0 Å². The van der Waals surface area contributed by atoms with Gasteiger partial charge in [-0.15, -0.1) is 0 Å². The normalized spacial score (nSPS) is 18.1. The van der Waals surface area contributed by atoms with Gasteiger partial charge in [-0.05, 0) is 26.3 Å². The topological polar surface area (TPSA) is 50.8 Å². The molecule has 1 aliphatic carbocycles. The van der Waals surface area contributed by atoms with E-state index < -0.39 is 0 Å². The SMILES string of the molecule is COCC(CN(C)C1CCCCCC1)OC(=O)NCCC[SiH3]. The number of likely N-dealkylation sites (N-methyl/N-ethyl adjacent to an activating group) is 1. The Morgan fingerprint density at radius 1 is 1.32 bits per heavy atom. The number of ether oxygens (including phenoxy) is 2. The Morgan fingerprint density at radius 3 is 2.59 bits per heavy atom. The van der Waals surface area contributed by atoms with E-state index in [2.05, 4.69) is 17.3 Å². The highest BCUT2D eigenvalue weighted by Crippen LogP contribution is 2.21. The van der Waals surface area contributed by atoms with Crippen molar-refractivity contribution in [3.63, 3.8) is 0 Å². The van der Waals surface area contributed by atoms with Crippen LogP contribution in [0, 0.1) is 0 Å². The van der Waals surface area contributed by atoms with Gasteiger partial charge < -0.3 is 14.8 Å². The number of hydrogen-bond acceptors (Lipinski definition) is 4. The lowest BCUT2D eigenvalue weighted by Crippen LogP contribution is -2.42. The minimum Gasteiger partial charge on any atom is -0.442 e. The zero-order valence-corrected chi connectivity index (χ0v) is 16.6. The fourth-order valence-corrected chi connectivity index (χ4v) is 3.39. The van der Waals surface area contributed by atoms with Gasteiger partial charge in [-0.2, -0.15) is 0 Å². The lowest BCUT2D eigenvalue weighted by molar-refractivity contribution is 0.0147. The molecule has 0 saturated heterocycles. The van der Waals surface area contributed by atoms with Gasteiger partial charge in [0.25, 0.3) is 0 Å². The van der Waals surface area contributed by atoms with E-state index in [1.807, 2.05) is 0 Å². The number of hydrogen-bond donors (Lipinski definition) is 1. The minimum atomic E-state index is -0.313. The minimum absolute atomic E-state index is 0.200. The van der Waals surface area contributed by atoms with Crippen molar-refractivity contribution in [1.29, 1.82) is 0 Å². The molecule has 1 N–H and O–H groups in total. The zero-order valence-electron chi connectivity index (χ0n) is 14.6. The van der Waals surface area contributed by atoms with Gasteiger partial charge in [-0.1, -0.05) is 31.7 Å². The molecule has 1 aliphatic rings. The first-order valence-corrected chi connectivity index (χ1v) is 10.2. The summed E-state index contributed by atoms with van der Waals surface area (Å²) in [4.78, 5) is 14.2. The second kappa shape index (κ2) is 11.9. The third-order valence-corrected chi connectivity index (χ3v) is 5.07. The number of carbonyl (C=O) groups excluding carboxylic acids is 1. The molecule has 1 amide bonds. The van der Waals surface area contributed by atoms with Crippen molar-refractivity contribution in [1.82, 2.24) is 10.2 Å². The average Bonchev–Trinajstić information content (AvgIpc) is 2.76. The first-order chi connectivity index (χ1) is 10.7. The predicted octanol–water partition coefficient (Wildman–Crippen LogP) is 1.56. The quantitative estimate of drug-likeness (QED) is 0.396. The fourth-order valence-electron chi connectivity index (χ4n) is 3.04. The van der Waals surface area contributed by atoms with Gasteiger partial charge in [-0.3, -0.25) is 4.90 Å². The summed E-state index contributed by atoms with van der Waals surface area (Å²) in [7, 11) is 4.98. The molecule has 6 heteroatoms. The maximum Gasteiger partial charge on any atom is 0.407 e. The molecule has 0 aromatic heterocycles. The number of nitrogens with zero attached hydrogens (tertiary/aromatic N) is 1. The van der Waals surface area contributed by atoms with Crippen LogP contribution in [0.1, 0.15) is 44.9 Å².